The van der Waals surface area contributed by atoms with Crippen LogP contribution in [0.25, 0.3) is 5.65 Å². The zero-order chi connectivity index (χ0) is 11.0. The lowest BCUT2D eigenvalue weighted by Crippen LogP contribution is -2.05. The van der Waals surface area contributed by atoms with E-state index in [4.69, 9.17) is 10.8 Å². The second-order valence-electron chi connectivity index (χ2n) is 3.26. The van der Waals surface area contributed by atoms with Gasteiger partial charge >= 0.3 is 5.97 Å². The summed E-state index contributed by atoms with van der Waals surface area (Å²) in [5.41, 5.74) is 7.50. The van der Waals surface area contributed by atoms with Crippen molar-refractivity contribution >= 4 is 17.3 Å². The summed E-state index contributed by atoms with van der Waals surface area (Å²) in [5, 5.41) is 9.07. The number of carboxylic acid groups (broad SMARTS) is 1. The Kier molecular flexibility index (Phi) is 2.07. The molecule has 2 aromatic heterocycles. The quantitative estimate of drug-likeness (QED) is 0.771. The van der Waals surface area contributed by atoms with Gasteiger partial charge in [-0.15, -0.1) is 0 Å². The van der Waals surface area contributed by atoms with Gasteiger partial charge in [0.1, 0.15) is 5.65 Å². The van der Waals surface area contributed by atoms with Crippen LogP contribution in [0.3, 0.4) is 0 Å². The van der Waals surface area contributed by atoms with Crippen LogP contribution in [0.4, 0.5) is 5.69 Å². The Morgan fingerprint density at radius 1 is 1.60 bits per heavy atom. The molecule has 0 radical (unpaired) electrons. The number of aromatic nitrogens is 2. The Balaban J connectivity index is 2.82. The molecule has 2 rings (SSSR count). The molecule has 0 saturated heterocycles. The van der Waals surface area contributed by atoms with E-state index in [9.17, 15) is 4.79 Å². The molecule has 5 heteroatoms. The highest BCUT2D eigenvalue weighted by atomic mass is 16.4. The van der Waals surface area contributed by atoms with Crippen LogP contribution in [0.1, 0.15) is 23.1 Å². The van der Waals surface area contributed by atoms with Crippen LogP contribution >= 0.6 is 0 Å². The molecule has 78 valence electrons. The second kappa shape index (κ2) is 3.27. The fraction of sp³-hybridized carbons (Fsp3) is 0.200. The number of rotatable bonds is 2. The predicted molar refractivity (Wildman–Crippen MR) is 55.9 cm³/mol. The minimum atomic E-state index is -0.982. The molecule has 5 nitrogen and oxygen atoms in total. The van der Waals surface area contributed by atoms with E-state index in [1.165, 1.54) is 4.40 Å². The number of nitrogen functional groups attached to an aromatic ring is 1. The summed E-state index contributed by atoms with van der Waals surface area (Å²) in [7, 11) is 0. The van der Waals surface area contributed by atoms with Gasteiger partial charge in [-0.3, -0.25) is 4.40 Å². The van der Waals surface area contributed by atoms with E-state index in [0.29, 0.717) is 23.4 Å². The number of hydrogen-bond acceptors (Lipinski definition) is 3. The average molecular weight is 205 g/mol. The molecule has 0 amide bonds. The first kappa shape index (κ1) is 9.51. The Labute approximate surface area is 86.2 Å². The Morgan fingerprint density at radius 2 is 2.33 bits per heavy atom. The molecule has 0 fully saturated rings. The highest BCUT2D eigenvalue weighted by Crippen LogP contribution is 2.15. The maximum absolute atomic E-state index is 11.1. The van der Waals surface area contributed by atoms with Gasteiger partial charge in [0.05, 0.1) is 5.69 Å². The number of nitrogens with two attached hydrogens (primary N) is 1. The fourth-order valence-electron chi connectivity index (χ4n) is 1.58. The van der Waals surface area contributed by atoms with Gasteiger partial charge in [0.15, 0.2) is 5.69 Å². The number of carbonyl (C=O) groups is 1. The van der Waals surface area contributed by atoms with Crippen molar-refractivity contribution in [3.05, 3.63) is 29.7 Å². The molecule has 0 spiro atoms. The molecule has 0 unspecified atom stereocenters. The summed E-state index contributed by atoms with van der Waals surface area (Å²) < 4.78 is 1.51. The zero-order valence-corrected chi connectivity index (χ0v) is 8.27. The first-order valence-electron chi connectivity index (χ1n) is 4.63. The van der Waals surface area contributed by atoms with Crippen molar-refractivity contribution in [3.8, 4) is 0 Å². The van der Waals surface area contributed by atoms with Gasteiger partial charge in [-0.1, -0.05) is 6.92 Å². The summed E-state index contributed by atoms with van der Waals surface area (Å²) >= 11 is 0. The second-order valence-corrected chi connectivity index (χ2v) is 3.26. The van der Waals surface area contributed by atoms with Crippen molar-refractivity contribution in [1.29, 1.82) is 0 Å². The summed E-state index contributed by atoms with van der Waals surface area (Å²) in [6, 6.07) is 3.41. The van der Waals surface area contributed by atoms with Crippen LogP contribution in [0.5, 0.6) is 0 Å². The number of aromatic carboxylic acids is 1. The van der Waals surface area contributed by atoms with Crippen LogP contribution in [-0.2, 0) is 6.42 Å². The lowest BCUT2D eigenvalue weighted by molar-refractivity contribution is 0.0688. The highest BCUT2D eigenvalue weighted by Gasteiger charge is 2.16. The van der Waals surface area contributed by atoms with E-state index in [1.807, 2.05) is 6.92 Å². The number of nitrogens with zero attached hydrogens (tertiary/aromatic N) is 2. The number of hydrogen-bond donors (Lipinski definition) is 2. The van der Waals surface area contributed by atoms with E-state index in [0.717, 1.165) is 0 Å². The lowest BCUT2D eigenvalue weighted by Gasteiger charge is -1.98. The first-order chi connectivity index (χ1) is 7.13. The summed E-state index contributed by atoms with van der Waals surface area (Å²) in [4.78, 5) is 15.3. The summed E-state index contributed by atoms with van der Waals surface area (Å²) in [6.07, 6.45) is 2.16. The van der Waals surface area contributed by atoms with Crippen molar-refractivity contribution in [2.24, 2.45) is 0 Å². The molecular weight excluding hydrogens is 194 g/mol. The van der Waals surface area contributed by atoms with Gasteiger partial charge in [0.25, 0.3) is 0 Å². The van der Waals surface area contributed by atoms with Gasteiger partial charge in [-0.25, -0.2) is 9.78 Å². The standard InChI is InChI=1S/C10H11N3O2/c1-2-7-9(10(14)15)13-5-6(11)3-4-8(13)12-7/h3-5H,2,11H2,1H3,(H,14,15). The van der Waals surface area contributed by atoms with Gasteiger partial charge in [0, 0.05) is 11.9 Å². The van der Waals surface area contributed by atoms with Crippen molar-refractivity contribution < 1.29 is 9.90 Å². The highest BCUT2D eigenvalue weighted by molar-refractivity contribution is 5.88. The number of fused-ring (bicyclic) bond motifs is 1. The van der Waals surface area contributed by atoms with E-state index >= 15 is 0 Å². The zero-order valence-electron chi connectivity index (χ0n) is 8.27. The molecule has 0 saturated carbocycles. The number of pyridine rings is 1. The Bertz CT molecular complexity index is 531. The van der Waals surface area contributed by atoms with Crippen LogP contribution in [0, 0.1) is 0 Å². The fourth-order valence-corrected chi connectivity index (χ4v) is 1.58. The first-order valence-corrected chi connectivity index (χ1v) is 4.63. The van der Waals surface area contributed by atoms with E-state index < -0.39 is 5.97 Å². The van der Waals surface area contributed by atoms with Crippen molar-refractivity contribution in [2.45, 2.75) is 13.3 Å². The summed E-state index contributed by atoms with van der Waals surface area (Å²) in [6.45, 7) is 1.87. The minimum Gasteiger partial charge on any atom is -0.477 e. The van der Waals surface area contributed by atoms with E-state index in [1.54, 1.807) is 18.3 Å². The molecule has 0 aliphatic heterocycles. The largest absolute Gasteiger partial charge is 0.477 e. The molecular formula is C10H11N3O2. The van der Waals surface area contributed by atoms with Crippen molar-refractivity contribution in [2.75, 3.05) is 5.73 Å². The molecule has 0 bridgehead atoms. The SMILES string of the molecule is CCc1nc2ccc(N)cn2c1C(=O)O. The number of anilines is 1. The monoisotopic (exact) mass is 205 g/mol. The van der Waals surface area contributed by atoms with Gasteiger partial charge in [-0.2, -0.15) is 0 Å². The minimum absolute atomic E-state index is 0.194. The van der Waals surface area contributed by atoms with Crippen LogP contribution < -0.4 is 5.73 Å². The molecule has 3 N–H and O–H groups in total. The van der Waals surface area contributed by atoms with E-state index in [2.05, 4.69) is 4.98 Å². The third-order valence-corrected chi connectivity index (χ3v) is 2.25. The number of aryl methyl sites for hydroxylation is 1. The van der Waals surface area contributed by atoms with E-state index in [-0.39, 0.29) is 5.69 Å². The van der Waals surface area contributed by atoms with Crippen molar-refractivity contribution in [3.63, 3.8) is 0 Å². The van der Waals surface area contributed by atoms with Crippen molar-refractivity contribution in [1.82, 2.24) is 9.38 Å². The predicted octanol–water partition coefficient (Wildman–Crippen LogP) is 1.18. The normalized spacial score (nSPS) is 10.7. The topological polar surface area (TPSA) is 80.6 Å². The Morgan fingerprint density at radius 3 is 2.93 bits per heavy atom. The van der Waals surface area contributed by atoms with Gasteiger partial charge < -0.3 is 10.8 Å². The molecule has 0 aromatic carbocycles. The molecule has 0 aliphatic rings. The summed E-state index contributed by atoms with van der Waals surface area (Å²) in [5.74, 6) is -0.982. The maximum Gasteiger partial charge on any atom is 0.354 e. The lowest BCUT2D eigenvalue weighted by atomic mass is 10.2. The smallest absolute Gasteiger partial charge is 0.354 e. The van der Waals surface area contributed by atoms with Crippen LogP contribution in [-0.4, -0.2) is 20.5 Å². The maximum atomic E-state index is 11.1. The molecule has 2 aromatic rings. The molecule has 15 heavy (non-hydrogen) atoms. The Hall–Kier alpha value is -2.04. The average Bonchev–Trinajstić information content (AvgIpc) is 2.55. The van der Waals surface area contributed by atoms with Gasteiger partial charge in [-0.05, 0) is 18.6 Å². The number of carboxylic acids is 1. The molecule has 0 atom stereocenters. The number of imidazole rings is 1. The third-order valence-electron chi connectivity index (χ3n) is 2.25. The van der Waals surface area contributed by atoms with Crippen LogP contribution in [0.15, 0.2) is 18.3 Å². The van der Waals surface area contributed by atoms with Crippen LogP contribution in [0.2, 0.25) is 0 Å². The molecule has 2 heterocycles. The third kappa shape index (κ3) is 1.41. The molecule has 0 aliphatic carbocycles. The van der Waals surface area contributed by atoms with Gasteiger partial charge in [0.2, 0.25) is 0 Å².